The van der Waals surface area contributed by atoms with Crippen LogP contribution in [0.25, 0.3) is 11.1 Å². The standard InChI is InChI=1S/C17H17NO2/c1-12-10-13(8-9-18)4-6-15(12)16-11-14(19-2)5-7-17(16)20-3/h4-7,10-11H,8H2,1-3H3. The molecule has 20 heavy (non-hydrogen) atoms. The van der Waals surface area contributed by atoms with E-state index in [0.717, 1.165) is 33.8 Å². The lowest BCUT2D eigenvalue weighted by molar-refractivity contribution is 0.404. The number of nitriles is 1. The van der Waals surface area contributed by atoms with Crippen LogP contribution < -0.4 is 9.47 Å². The number of benzene rings is 2. The lowest BCUT2D eigenvalue weighted by atomic mass is 9.97. The summed E-state index contributed by atoms with van der Waals surface area (Å²) in [5, 5.41) is 8.76. The molecule has 2 rings (SSSR count). The number of ether oxygens (including phenoxy) is 2. The molecule has 0 aliphatic carbocycles. The van der Waals surface area contributed by atoms with E-state index in [0.29, 0.717) is 6.42 Å². The van der Waals surface area contributed by atoms with E-state index in [1.165, 1.54) is 0 Å². The third-order valence-corrected chi connectivity index (χ3v) is 3.27. The second-order valence-electron chi connectivity index (χ2n) is 4.55. The number of hydrogen-bond acceptors (Lipinski definition) is 3. The van der Waals surface area contributed by atoms with Crippen molar-refractivity contribution >= 4 is 0 Å². The maximum Gasteiger partial charge on any atom is 0.126 e. The molecule has 0 aliphatic rings. The van der Waals surface area contributed by atoms with Crippen LogP contribution in [0.3, 0.4) is 0 Å². The predicted molar refractivity (Wildman–Crippen MR) is 79.0 cm³/mol. The second-order valence-corrected chi connectivity index (χ2v) is 4.55. The molecule has 0 saturated carbocycles. The minimum absolute atomic E-state index is 0.427. The van der Waals surface area contributed by atoms with Crippen molar-refractivity contribution in [2.75, 3.05) is 14.2 Å². The normalized spacial score (nSPS) is 9.90. The van der Waals surface area contributed by atoms with Crippen LogP contribution in [-0.2, 0) is 6.42 Å². The molecule has 0 aliphatic heterocycles. The number of methoxy groups -OCH3 is 2. The Kier molecular flexibility index (Phi) is 4.27. The van der Waals surface area contributed by atoms with Crippen molar-refractivity contribution < 1.29 is 9.47 Å². The third-order valence-electron chi connectivity index (χ3n) is 3.27. The van der Waals surface area contributed by atoms with Gasteiger partial charge in [0.25, 0.3) is 0 Å². The fourth-order valence-electron chi connectivity index (χ4n) is 2.25. The van der Waals surface area contributed by atoms with Crippen LogP contribution in [0.4, 0.5) is 0 Å². The lowest BCUT2D eigenvalue weighted by Gasteiger charge is -2.13. The molecule has 0 radical (unpaired) electrons. The SMILES string of the molecule is COc1ccc(OC)c(-c2ccc(CC#N)cc2C)c1. The van der Waals surface area contributed by atoms with E-state index in [2.05, 4.69) is 6.07 Å². The van der Waals surface area contributed by atoms with Gasteiger partial charge < -0.3 is 9.47 Å². The van der Waals surface area contributed by atoms with Gasteiger partial charge in [-0.3, -0.25) is 0 Å². The molecule has 2 aromatic carbocycles. The van der Waals surface area contributed by atoms with Gasteiger partial charge in [-0.05, 0) is 41.8 Å². The smallest absolute Gasteiger partial charge is 0.126 e. The Morgan fingerprint density at radius 3 is 2.40 bits per heavy atom. The van der Waals surface area contributed by atoms with Crippen molar-refractivity contribution in [1.29, 1.82) is 5.26 Å². The highest BCUT2D eigenvalue weighted by Crippen LogP contribution is 2.35. The van der Waals surface area contributed by atoms with Gasteiger partial charge in [-0.25, -0.2) is 0 Å². The van der Waals surface area contributed by atoms with Gasteiger partial charge >= 0.3 is 0 Å². The van der Waals surface area contributed by atoms with Gasteiger partial charge in [0, 0.05) is 5.56 Å². The summed E-state index contributed by atoms with van der Waals surface area (Å²) < 4.78 is 10.7. The van der Waals surface area contributed by atoms with Crippen molar-refractivity contribution in [2.45, 2.75) is 13.3 Å². The predicted octanol–water partition coefficient (Wildman–Crippen LogP) is 3.75. The number of rotatable bonds is 4. The van der Waals surface area contributed by atoms with E-state index in [4.69, 9.17) is 14.7 Å². The Bertz CT molecular complexity index is 657. The Hall–Kier alpha value is -2.47. The van der Waals surface area contributed by atoms with Gasteiger partial charge in [-0.2, -0.15) is 5.26 Å². The molecule has 0 unspecified atom stereocenters. The molecule has 3 heteroatoms. The van der Waals surface area contributed by atoms with Crippen molar-refractivity contribution in [2.24, 2.45) is 0 Å². The summed E-state index contributed by atoms with van der Waals surface area (Å²) >= 11 is 0. The zero-order chi connectivity index (χ0) is 14.5. The van der Waals surface area contributed by atoms with Gasteiger partial charge in [0.1, 0.15) is 11.5 Å². The first-order chi connectivity index (χ1) is 9.69. The Morgan fingerprint density at radius 1 is 1.00 bits per heavy atom. The van der Waals surface area contributed by atoms with Crippen molar-refractivity contribution in [3.05, 3.63) is 47.5 Å². The maximum absolute atomic E-state index is 8.76. The molecule has 0 saturated heterocycles. The minimum Gasteiger partial charge on any atom is -0.497 e. The number of aryl methyl sites for hydroxylation is 1. The molecule has 0 spiro atoms. The van der Waals surface area contributed by atoms with E-state index in [1.807, 2.05) is 43.3 Å². The topological polar surface area (TPSA) is 42.2 Å². The molecule has 0 atom stereocenters. The van der Waals surface area contributed by atoms with E-state index in [1.54, 1.807) is 14.2 Å². The first kappa shape index (κ1) is 14.0. The molecule has 0 aromatic heterocycles. The highest BCUT2D eigenvalue weighted by molar-refractivity contribution is 5.75. The van der Waals surface area contributed by atoms with Crippen molar-refractivity contribution in [3.8, 4) is 28.7 Å². The van der Waals surface area contributed by atoms with Gasteiger partial charge in [0.05, 0.1) is 26.7 Å². The van der Waals surface area contributed by atoms with Gasteiger partial charge in [-0.1, -0.05) is 18.2 Å². The van der Waals surface area contributed by atoms with Gasteiger partial charge in [-0.15, -0.1) is 0 Å². The van der Waals surface area contributed by atoms with E-state index in [9.17, 15) is 0 Å². The molecule has 2 aromatic rings. The van der Waals surface area contributed by atoms with Crippen molar-refractivity contribution in [1.82, 2.24) is 0 Å². The summed E-state index contributed by atoms with van der Waals surface area (Å²) in [4.78, 5) is 0. The third kappa shape index (κ3) is 2.75. The van der Waals surface area contributed by atoms with E-state index >= 15 is 0 Å². The Labute approximate surface area is 119 Å². The van der Waals surface area contributed by atoms with Gasteiger partial charge in [0.2, 0.25) is 0 Å². The van der Waals surface area contributed by atoms with E-state index in [-0.39, 0.29) is 0 Å². The summed E-state index contributed by atoms with van der Waals surface area (Å²) in [5.41, 5.74) is 4.22. The first-order valence-electron chi connectivity index (χ1n) is 6.38. The molecule has 0 bridgehead atoms. The maximum atomic E-state index is 8.76. The quantitative estimate of drug-likeness (QED) is 0.847. The zero-order valence-corrected chi connectivity index (χ0v) is 11.9. The van der Waals surface area contributed by atoms with Crippen LogP contribution >= 0.6 is 0 Å². The van der Waals surface area contributed by atoms with Crippen LogP contribution in [0.5, 0.6) is 11.5 Å². The summed E-state index contributed by atoms with van der Waals surface area (Å²) in [5.74, 6) is 1.60. The fraction of sp³-hybridized carbons (Fsp3) is 0.235. The van der Waals surface area contributed by atoms with Crippen LogP contribution in [0.15, 0.2) is 36.4 Å². The summed E-state index contributed by atoms with van der Waals surface area (Å²) in [6.45, 7) is 2.04. The zero-order valence-electron chi connectivity index (χ0n) is 11.9. The van der Waals surface area contributed by atoms with Gasteiger partial charge in [0.15, 0.2) is 0 Å². The van der Waals surface area contributed by atoms with Crippen LogP contribution in [0.1, 0.15) is 11.1 Å². The lowest BCUT2D eigenvalue weighted by Crippen LogP contribution is -1.93. The molecule has 0 N–H and O–H groups in total. The molecule has 0 heterocycles. The monoisotopic (exact) mass is 267 g/mol. The fourth-order valence-corrected chi connectivity index (χ4v) is 2.25. The summed E-state index contributed by atoms with van der Waals surface area (Å²) in [7, 11) is 3.30. The largest absolute Gasteiger partial charge is 0.497 e. The molecule has 3 nitrogen and oxygen atoms in total. The minimum atomic E-state index is 0.427. The molecular formula is C17H17NO2. The Morgan fingerprint density at radius 2 is 1.80 bits per heavy atom. The van der Waals surface area contributed by atoms with E-state index < -0.39 is 0 Å². The molecule has 0 fully saturated rings. The Balaban J connectivity index is 2.53. The number of hydrogen-bond donors (Lipinski definition) is 0. The van der Waals surface area contributed by atoms with Crippen molar-refractivity contribution in [3.63, 3.8) is 0 Å². The van der Waals surface area contributed by atoms with Crippen LogP contribution in [0.2, 0.25) is 0 Å². The van der Waals surface area contributed by atoms with Crippen LogP contribution in [-0.4, -0.2) is 14.2 Å². The highest BCUT2D eigenvalue weighted by atomic mass is 16.5. The molecule has 102 valence electrons. The molecular weight excluding hydrogens is 250 g/mol. The average Bonchev–Trinajstić information content (AvgIpc) is 2.47. The first-order valence-corrected chi connectivity index (χ1v) is 6.38. The summed E-state index contributed by atoms with van der Waals surface area (Å²) in [6.07, 6.45) is 0.427. The highest BCUT2D eigenvalue weighted by Gasteiger charge is 2.10. The number of nitrogens with zero attached hydrogens (tertiary/aromatic N) is 1. The average molecular weight is 267 g/mol. The summed E-state index contributed by atoms with van der Waals surface area (Å²) in [6, 6.07) is 13.9. The molecule has 0 amide bonds. The second kappa shape index (κ2) is 6.12. The van der Waals surface area contributed by atoms with Crippen LogP contribution in [0, 0.1) is 18.3 Å².